The van der Waals surface area contributed by atoms with Gasteiger partial charge in [-0.15, -0.1) is 0 Å². The number of aliphatic hydroxyl groups is 1. The number of halogens is 1. The van der Waals surface area contributed by atoms with E-state index in [4.69, 9.17) is 4.74 Å². The summed E-state index contributed by atoms with van der Waals surface area (Å²) < 4.78 is 18.8. The molecule has 0 aliphatic heterocycles. The summed E-state index contributed by atoms with van der Waals surface area (Å²) in [5.41, 5.74) is -0.0316. The fourth-order valence-corrected chi connectivity index (χ4v) is 3.03. The van der Waals surface area contributed by atoms with E-state index in [2.05, 4.69) is 12.2 Å². The Hall–Kier alpha value is -1.13. The molecule has 2 rings (SSSR count). The molecule has 1 fully saturated rings. The van der Waals surface area contributed by atoms with Crippen molar-refractivity contribution in [1.29, 1.82) is 0 Å². The van der Waals surface area contributed by atoms with Crippen LogP contribution in [-0.4, -0.2) is 24.4 Å². The Kier molecular flexibility index (Phi) is 5.59. The Morgan fingerprint density at radius 3 is 2.67 bits per heavy atom. The maximum atomic E-state index is 13.8. The minimum atomic E-state index is -0.630. The quantitative estimate of drug-likeness (QED) is 0.846. The third kappa shape index (κ3) is 4.42. The van der Waals surface area contributed by atoms with Crippen LogP contribution in [0.4, 0.5) is 4.39 Å². The summed E-state index contributed by atoms with van der Waals surface area (Å²) in [6.45, 7) is 3.16. The minimum Gasteiger partial charge on any atom is -0.497 e. The van der Waals surface area contributed by atoms with Gasteiger partial charge in [-0.05, 0) is 37.7 Å². The first-order chi connectivity index (χ1) is 10.1. The van der Waals surface area contributed by atoms with Crippen molar-refractivity contribution in [1.82, 2.24) is 5.32 Å². The van der Waals surface area contributed by atoms with E-state index in [1.807, 2.05) is 0 Å². The lowest BCUT2D eigenvalue weighted by Crippen LogP contribution is -2.43. The van der Waals surface area contributed by atoms with Crippen LogP contribution in [0.15, 0.2) is 18.2 Å². The van der Waals surface area contributed by atoms with Gasteiger partial charge in [0.15, 0.2) is 0 Å². The molecule has 0 amide bonds. The van der Waals surface area contributed by atoms with Gasteiger partial charge in [0.1, 0.15) is 11.6 Å². The smallest absolute Gasteiger partial charge is 0.131 e. The molecule has 1 aromatic rings. The molecule has 0 radical (unpaired) electrons. The van der Waals surface area contributed by atoms with Gasteiger partial charge in [0.2, 0.25) is 0 Å². The molecule has 0 unspecified atom stereocenters. The lowest BCUT2D eigenvalue weighted by molar-refractivity contribution is -0.00886. The molecular weight excluding hydrogens is 269 g/mol. The maximum Gasteiger partial charge on any atom is 0.131 e. The lowest BCUT2D eigenvalue weighted by atomic mass is 9.78. The van der Waals surface area contributed by atoms with Crippen molar-refractivity contribution in [2.45, 2.75) is 51.2 Å². The van der Waals surface area contributed by atoms with E-state index < -0.39 is 5.60 Å². The first kappa shape index (κ1) is 16.2. The third-order valence-corrected chi connectivity index (χ3v) is 4.64. The molecule has 0 atom stereocenters. The van der Waals surface area contributed by atoms with Crippen molar-refractivity contribution in [3.05, 3.63) is 29.6 Å². The summed E-state index contributed by atoms with van der Waals surface area (Å²) in [7, 11) is 1.52. The Morgan fingerprint density at radius 2 is 2.10 bits per heavy atom. The summed E-state index contributed by atoms with van der Waals surface area (Å²) >= 11 is 0. The van der Waals surface area contributed by atoms with Gasteiger partial charge in [-0.25, -0.2) is 4.39 Å². The van der Waals surface area contributed by atoms with Gasteiger partial charge in [-0.1, -0.05) is 19.4 Å². The van der Waals surface area contributed by atoms with Gasteiger partial charge in [-0.2, -0.15) is 0 Å². The molecule has 118 valence electrons. The normalized spacial score (nSPS) is 25.8. The summed E-state index contributed by atoms with van der Waals surface area (Å²) in [6, 6.07) is 4.86. The second-order valence-electron chi connectivity index (χ2n) is 6.14. The monoisotopic (exact) mass is 295 g/mol. The van der Waals surface area contributed by atoms with E-state index in [0.29, 0.717) is 24.4 Å². The van der Waals surface area contributed by atoms with Crippen molar-refractivity contribution in [3.63, 3.8) is 0 Å². The second kappa shape index (κ2) is 7.23. The number of methoxy groups -OCH3 is 1. The third-order valence-electron chi connectivity index (χ3n) is 4.64. The zero-order valence-corrected chi connectivity index (χ0v) is 13.0. The molecule has 0 aromatic heterocycles. The standard InChI is InChI=1S/C17H26FNO2/c1-3-13-6-8-17(20,9-7-13)12-19-11-14-4-5-15(21-2)10-16(14)18/h4-5,10,13,19-20H,3,6-9,11-12H2,1-2H3. The van der Waals surface area contributed by atoms with Gasteiger partial charge in [0.05, 0.1) is 12.7 Å². The van der Waals surface area contributed by atoms with Crippen LogP contribution in [-0.2, 0) is 6.54 Å². The molecule has 1 saturated carbocycles. The van der Waals surface area contributed by atoms with Crippen LogP contribution in [0.2, 0.25) is 0 Å². The highest BCUT2D eigenvalue weighted by Crippen LogP contribution is 2.33. The fourth-order valence-electron chi connectivity index (χ4n) is 3.03. The van der Waals surface area contributed by atoms with E-state index in [0.717, 1.165) is 31.6 Å². The second-order valence-corrected chi connectivity index (χ2v) is 6.14. The van der Waals surface area contributed by atoms with Gasteiger partial charge in [-0.3, -0.25) is 0 Å². The van der Waals surface area contributed by atoms with Crippen LogP contribution >= 0.6 is 0 Å². The number of benzene rings is 1. The van der Waals surface area contributed by atoms with Crippen molar-refractivity contribution < 1.29 is 14.2 Å². The predicted octanol–water partition coefficient (Wildman–Crippen LogP) is 3.26. The summed E-state index contributed by atoms with van der Waals surface area (Å²) in [5, 5.41) is 13.7. The topological polar surface area (TPSA) is 41.5 Å². The van der Waals surface area contributed by atoms with E-state index in [-0.39, 0.29) is 5.82 Å². The number of hydrogen-bond donors (Lipinski definition) is 2. The van der Waals surface area contributed by atoms with Gasteiger partial charge < -0.3 is 15.2 Å². The average Bonchev–Trinajstić information content (AvgIpc) is 2.49. The highest BCUT2D eigenvalue weighted by Gasteiger charge is 2.32. The summed E-state index contributed by atoms with van der Waals surface area (Å²) in [4.78, 5) is 0. The minimum absolute atomic E-state index is 0.275. The highest BCUT2D eigenvalue weighted by molar-refractivity contribution is 5.28. The van der Waals surface area contributed by atoms with Gasteiger partial charge in [0, 0.05) is 24.7 Å². The predicted molar refractivity (Wildman–Crippen MR) is 81.9 cm³/mol. The van der Waals surface area contributed by atoms with Crippen LogP contribution in [0.3, 0.4) is 0 Å². The first-order valence-electron chi connectivity index (χ1n) is 7.82. The molecule has 0 saturated heterocycles. The zero-order chi connectivity index (χ0) is 15.3. The zero-order valence-electron chi connectivity index (χ0n) is 13.0. The number of hydrogen-bond acceptors (Lipinski definition) is 3. The molecule has 0 bridgehead atoms. The van der Waals surface area contributed by atoms with E-state index in [9.17, 15) is 9.50 Å². The first-order valence-corrected chi connectivity index (χ1v) is 7.82. The van der Waals surface area contributed by atoms with E-state index in [1.54, 1.807) is 12.1 Å². The molecule has 4 heteroatoms. The molecule has 0 heterocycles. The Morgan fingerprint density at radius 1 is 1.38 bits per heavy atom. The summed E-state index contributed by atoms with van der Waals surface area (Å²) in [5.74, 6) is 1.00. The van der Waals surface area contributed by atoms with Crippen LogP contribution in [0.5, 0.6) is 5.75 Å². The van der Waals surface area contributed by atoms with Crippen molar-refractivity contribution in [2.24, 2.45) is 5.92 Å². The fraction of sp³-hybridized carbons (Fsp3) is 0.647. The van der Waals surface area contributed by atoms with Crippen molar-refractivity contribution >= 4 is 0 Å². The maximum absolute atomic E-state index is 13.8. The molecular formula is C17H26FNO2. The average molecular weight is 295 g/mol. The molecule has 3 nitrogen and oxygen atoms in total. The van der Waals surface area contributed by atoms with Gasteiger partial charge >= 0.3 is 0 Å². The van der Waals surface area contributed by atoms with E-state index in [1.165, 1.54) is 19.6 Å². The van der Waals surface area contributed by atoms with Crippen LogP contribution in [0.1, 0.15) is 44.6 Å². The van der Waals surface area contributed by atoms with Gasteiger partial charge in [0.25, 0.3) is 0 Å². The molecule has 1 aliphatic rings. The summed E-state index contributed by atoms with van der Waals surface area (Å²) in [6.07, 6.45) is 5.05. The van der Waals surface area contributed by atoms with Crippen molar-refractivity contribution in [2.75, 3.05) is 13.7 Å². The number of nitrogens with one attached hydrogen (secondary N) is 1. The van der Waals surface area contributed by atoms with Crippen LogP contribution in [0, 0.1) is 11.7 Å². The Bertz CT molecular complexity index is 456. The van der Waals surface area contributed by atoms with Crippen molar-refractivity contribution in [3.8, 4) is 5.75 Å². The number of rotatable bonds is 6. The Balaban J connectivity index is 1.81. The van der Waals surface area contributed by atoms with Crippen LogP contribution < -0.4 is 10.1 Å². The SMILES string of the molecule is CCC1CCC(O)(CNCc2ccc(OC)cc2F)CC1. The highest BCUT2D eigenvalue weighted by atomic mass is 19.1. The number of ether oxygens (including phenoxy) is 1. The molecule has 0 spiro atoms. The van der Waals surface area contributed by atoms with E-state index >= 15 is 0 Å². The largest absolute Gasteiger partial charge is 0.497 e. The molecule has 2 N–H and O–H groups in total. The molecule has 1 aromatic carbocycles. The molecule has 21 heavy (non-hydrogen) atoms. The lowest BCUT2D eigenvalue weighted by Gasteiger charge is -2.36. The van der Waals surface area contributed by atoms with Crippen LogP contribution in [0.25, 0.3) is 0 Å². The Labute approximate surface area is 126 Å². The molecule has 1 aliphatic carbocycles.